The van der Waals surface area contributed by atoms with Crippen LogP contribution in [0.4, 0.5) is 0 Å². The second-order valence-corrected chi connectivity index (χ2v) is 12.1. The van der Waals surface area contributed by atoms with Crippen molar-refractivity contribution in [2.24, 2.45) is 0 Å². The van der Waals surface area contributed by atoms with Crippen molar-refractivity contribution >= 4 is 23.9 Å². The molecular weight excluding hydrogens is 688 g/mol. The van der Waals surface area contributed by atoms with E-state index in [-0.39, 0.29) is 0 Å². The fourth-order valence-electron chi connectivity index (χ4n) is 5.10. The van der Waals surface area contributed by atoms with E-state index in [1.165, 1.54) is 0 Å². The molecule has 0 atom stereocenters. The summed E-state index contributed by atoms with van der Waals surface area (Å²) in [5, 5.41) is 0. The SMILES string of the molecule is C=CC(=O)OCCCCCCOc1ccc(OC(=O)c2ccc(-c3ccc(C(=O)Oc4ccc(OCCCCCCOC(=O)C=C)cc4)cc3)cc2)cc1. The molecule has 0 spiro atoms. The van der Waals surface area contributed by atoms with Gasteiger partial charge in [-0.05, 0) is 135 Å². The van der Waals surface area contributed by atoms with Crippen molar-refractivity contribution in [3.05, 3.63) is 133 Å². The van der Waals surface area contributed by atoms with Crippen LogP contribution in [-0.4, -0.2) is 50.3 Å². The Hall–Kier alpha value is -6.16. The Morgan fingerprint density at radius 3 is 1.06 bits per heavy atom. The second-order valence-electron chi connectivity index (χ2n) is 12.1. The van der Waals surface area contributed by atoms with Crippen LogP contribution in [0, 0.1) is 0 Å². The number of carbonyl (C=O) groups excluding carboxylic acids is 4. The van der Waals surface area contributed by atoms with Crippen molar-refractivity contribution in [2.75, 3.05) is 26.4 Å². The van der Waals surface area contributed by atoms with E-state index in [0.29, 0.717) is 60.6 Å². The van der Waals surface area contributed by atoms with Crippen molar-refractivity contribution in [1.29, 1.82) is 0 Å². The number of carbonyl (C=O) groups is 4. The minimum absolute atomic E-state index is 0.393. The fourth-order valence-corrected chi connectivity index (χ4v) is 5.10. The summed E-state index contributed by atoms with van der Waals surface area (Å²) in [5.74, 6) is 0.407. The summed E-state index contributed by atoms with van der Waals surface area (Å²) < 4.78 is 32.5. The van der Waals surface area contributed by atoms with Gasteiger partial charge in [0, 0.05) is 12.2 Å². The van der Waals surface area contributed by atoms with Crippen LogP contribution in [0.15, 0.2) is 122 Å². The molecule has 0 radical (unpaired) electrons. The van der Waals surface area contributed by atoms with Gasteiger partial charge in [-0.1, -0.05) is 37.4 Å². The van der Waals surface area contributed by atoms with Gasteiger partial charge < -0.3 is 28.4 Å². The zero-order chi connectivity index (χ0) is 38.4. The number of hydrogen-bond donors (Lipinski definition) is 0. The van der Waals surface area contributed by atoms with Crippen molar-refractivity contribution in [3.8, 4) is 34.1 Å². The first-order valence-electron chi connectivity index (χ1n) is 18.0. The maximum atomic E-state index is 12.8. The molecule has 0 aliphatic heterocycles. The molecule has 0 saturated carbocycles. The average molecular weight is 735 g/mol. The molecule has 0 aromatic heterocycles. The molecule has 10 heteroatoms. The van der Waals surface area contributed by atoms with E-state index in [2.05, 4.69) is 13.2 Å². The van der Waals surface area contributed by atoms with Gasteiger partial charge in [-0.25, -0.2) is 19.2 Å². The number of rotatable bonds is 23. The Labute approximate surface area is 316 Å². The monoisotopic (exact) mass is 734 g/mol. The predicted molar refractivity (Wildman–Crippen MR) is 205 cm³/mol. The Morgan fingerprint density at radius 2 is 0.722 bits per heavy atom. The molecule has 0 aliphatic carbocycles. The molecule has 4 aromatic rings. The van der Waals surface area contributed by atoms with Crippen LogP contribution < -0.4 is 18.9 Å². The number of benzene rings is 4. The maximum absolute atomic E-state index is 12.8. The molecule has 4 rings (SSSR count). The van der Waals surface area contributed by atoms with Gasteiger partial charge in [0.1, 0.15) is 23.0 Å². The Balaban J connectivity index is 1.14. The molecule has 54 heavy (non-hydrogen) atoms. The summed E-state index contributed by atoms with van der Waals surface area (Å²) >= 11 is 0. The number of ether oxygens (including phenoxy) is 6. The smallest absolute Gasteiger partial charge is 0.343 e. The van der Waals surface area contributed by atoms with E-state index < -0.39 is 23.9 Å². The van der Waals surface area contributed by atoms with Gasteiger partial charge in [0.2, 0.25) is 0 Å². The van der Waals surface area contributed by atoms with Crippen molar-refractivity contribution < 1.29 is 47.6 Å². The molecule has 282 valence electrons. The third-order valence-electron chi connectivity index (χ3n) is 8.08. The molecule has 0 saturated heterocycles. The van der Waals surface area contributed by atoms with E-state index in [4.69, 9.17) is 28.4 Å². The highest BCUT2D eigenvalue weighted by Crippen LogP contribution is 2.24. The standard InChI is InChI=1S/C44H46O10/c1-3-41(45)51-31-11-7-5-9-29-49-37-21-25-39(26-22-37)53-43(47)35-17-13-33(14-18-35)34-15-19-36(20-16-34)44(48)54-40-27-23-38(24-28-40)50-30-10-6-8-12-32-52-42(46)4-2/h3-4,13-28H,1-2,5-12,29-32H2. The van der Waals surface area contributed by atoms with E-state index in [1.807, 2.05) is 24.3 Å². The highest BCUT2D eigenvalue weighted by molar-refractivity contribution is 5.93. The zero-order valence-electron chi connectivity index (χ0n) is 30.4. The molecule has 0 aliphatic rings. The van der Waals surface area contributed by atoms with Crippen LogP contribution in [0.2, 0.25) is 0 Å². The molecule has 10 nitrogen and oxygen atoms in total. The molecular formula is C44H46O10. The molecule has 0 unspecified atom stereocenters. The second kappa shape index (κ2) is 22.7. The van der Waals surface area contributed by atoms with Crippen LogP contribution in [-0.2, 0) is 19.1 Å². The van der Waals surface area contributed by atoms with E-state index >= 15 is 0 Å². The third kappa shape index (κ3) is 14.5. The Bertz CT molecular complexity index is 1660. The van der Waals surface area contributed by atoms with Gasteiger partial charge in [-0.15, -0.1) is 0 Å². The minimum atomic E-state index is -0.482. The van der Waals surface area contributed by atoms with Crippen LogP contribution in [0.1, 0.15) is 72.1 Å². The highest BCUT2D eigenvalue weighted by Gasteiger charge is 2.12. The first-order chi connectivity index (χ1) is 26.3. The van der Waals surface area contributed by atoms with Gasteiger partial charge in [-0.2, -0.15) is 0 Å². The molecule has 0 heterocycles. The minimum Gasteiger partial charge on any atom is -0.494 e. The van der Waals surface area contributed by atoms with Gasteiger partial charge in [0.15, 0.2) is 0 Å². The Kier molecular flexibility index (Phi) is 17.1. The first-order valence-corrected chi connectivity index (χ1v) is 18.0. The van der Waals surface area contributed by atoms with Crippen molar-refractivity contribution in [3.63, 3.8) is 0 Å². The lowest BCUT2D eigenvalue weighted by atomic mass is 10.0. The van der Waals surface area contributed by atoms with Gasteiger partial charge in [0.05, 0.1) is 37.6 Å². The third-order valence-corrected chi connectivity index (χ3v) is 8.08. The summed E-state index contributed by atoms with van der Waals surface area (Å²) in [4.78, 5) is 47.6. The predicted octanol–water partition coefficient (Wildman–Crippen LogP) is 9.13. The summed E-state index contributed by atoms with van der Waals surface area (Å²) in [7, 11) is 0. The quantitative estimate of drug-likeness (QED) is 0.0315. The van der Waals surface area contributed by atoms with Crippen LogP contribution in [0.25, 0.3) is 11.1 Å². The number of hydrogen-bond acceptors (Lipinski definition) is 10. The molecule has 0 amide bonds. The summed E-state index contributed by atoms with van der Waals surface area (Å²) in [6, 6.07) is 27.8. The van der Waals surface area contributed by atoms with Gasteiger partial charge >= 0.3 is 23.9 Å². The van der Waals surface area contributed by atoms with Crippen molar-refractivity contribution in [2.45, 2.75) is 51.4 Å². The largest absolute Gasteiger partial charge is 0.494 e. The highest BCUT2D eigenvalue weighted by atomic mass is 16.5. The van der Waals surface area contributed by atoms with Crippen LogP contribution >= 0.6 is 0 Å². The summed E-state index contributed by atoms with van der Waals surface area (Å²) in [5.41, 5.74) is 2.54. The summed E-state index contributed by atoms with van der Waals surface area (Å²) in [6.07, 6.45) is 9.44. The lowest BCUT2D eigenvalue weighted by Gasteiger charge is -2.09. The van der Waals surface area contributed by atoms with E-state index in [0.717, 1.165) is 74.6 Å². The van der Waals surface area contributed by atoms with Gasteiger partial charge in [0.25, 0.3) is 0 Å². The normalized spacial score (nSPS) is 10.4. The molecule has 0 fully saturated rings. The van der Waals surface area contributed by atoms with Gasteiger partial charge in [-0.3, -0.25) is 0 Å². The van der Waals surface area contributed by atoms with Crippen molar-refractivity contribution in [1.82, 2.24) is 0 Å². The summed E-state index contributed by atoms with van der Waals surface area (Å²) in [6.45, 7) is 8.63. The molecule has 0 N–H and O–H groups in total. The van der Waals surface area contributed by atoms with Crippen LogP contribution in [0.3, 0.4) is 0 Å². The fraction of sp³-hybridized carbons (Fsp3) is 0.273. The van der Waals surface area contributed by atoms with E-state index in [1.54, 1.807) is 72.8 Å². The first kappa shape index (κ1) is 40.6. The zero-order valence-corrected chi connectivity index (χ0v) is 30.4. The van der Waals surface area contributed by atoms with E-state index in [9.17, 15) is 19.2 Å². The maximum Gasteiger partial charge on any atom is 0.343 e. The molecule has 0 bridgehead atoms. The lowest BCUT2D eigenvalue weighted by molar-refractivity contribution is -0.138. The lowest BCUT2D eigenvalue weighted by Crippen LogP contribution is -2.08. The average Bonchev–Trinajstić information content (AvgIpc) is 3.20. The Morgan fingerprint density at radius 1 is 0.407 bits per heavy atom. The number of esters is 4. The molecule has 4 aromatic carbocycles. The number of unbranched alkanes of at least 4 members (excludes halogenated alkanes) is 6. The van der Waals surface area contributed by atoms with Crippen LogP contribution in [0.5, 0.6) is 23.0 Å². The topological polar surface area (TPSA) is 124 Å².